The van der Waals surface area contributed by atoms with Crippen LogP contribution in [0.15, 0.2) is 107 Å². The van der Waals surface area contributed by atoms with E-state index in [4.69, 9.17) is 13.9 Å². The molecule has 0 bridgehead atoms. The van der Waals surface area contributed by atoms with E-state index in [0.717, 1.165) is 17.4 Å². The Balaban J connectivity index is 1.16. The molecule has 1 saturated carbocycles. The first-order chi connectivity index (χ1) is 28.4. The molecule has 1 N–H and O–H groups in total. The van der Waals surface area contributed by atoms with E-state index < -0.39 is 37.5 Å². The second kappa shape index (κ2) is 16.5. The third-order valence-corrected chi connectivity index (χ3v) is 18.3. The van der Waals surface area contributed by atoms with Gasteiger partial charge in [0.25, 0.3) is 13.9 Å². The number of benzene rings is 3. The maximum atomic E-state index is 15.2. The van der Waals surface area contributed by atoms with Gasteiger partial charge in [-0.3, -0.25) is 14.2 Å². The van der Waals surface area contributed by atoms with Crippen molar-refractivity contribution in [3.63, 3.8) is 0 Å². The van der Waals surface area contributed by atoms with Crippen molar-refractivity contribution in [2.24, 2.45) is 0 Å². The molecule has 2 aliphatic rings. The number of halogens is 1. The fourth-order valence-corrected chi connectivity index (χ4v) is 15.0. The largest absolute Gasteiger partial charge is 0.496 e. The lowest BCUT2D eigenvalue weighted by Crippen LogP contribution is -2.67. The molecule has 2 atom stereocenters. The predicted octanol–water partition coefficient (Wildman–Crippen LogP) is 6.57. The molecule has 14 heteroatoms. The summed E-state index contributed by atoms with van der Waals surface area (Å²) in [6, 6.07) is 26.3. The average molecular weight is 836 g/mol. The maximum Gasteiger partial charge on any atom is 0.332 e. The summed E-state index contributed by atoms with van der Waals surface area (Å²) in [5.74, 6) is -0.450. The summed E-state index contributed by atoms with van der Waals surface area (Å²) < 4.78 is 39.7. The van der Waals surface area contributed by atoms with Crippen LogP contribution in [-0.2, 0) is 20.5 Å². The molecule has 2 fully saturated rings. The third kappa shape index (κ3) is 7.51. The van der Waals surface area contributed by atoms with Crippen LogP contribution in [0.2, 0.25) is 5.04 Å². The van der Waals surface area contributed by atoms with E-state index in [0.29, 0.717) is 57.9 Å². The molecule has 1 aliphatic carbocycles. The summed E-state index contributed by atoms with van der Waals surface area (Å²) in [5, 5.41) is 10.4. The van der Waals surface area contributed by atoms with Crippen molar-refractivity contribution in [3.8, 4) is 10.8 Å². The Morgan fingerprint density at radius 2 is 1.58 bits per heavy atom. The number of ether oxygens (including phenoxy) is 2. The highest BCUT2D eigenvalue weighted by Crippen LogP contribution is 2.41. The number of methoxy groups -OCH3 is 1. The summed E-state index contributed by atoms with van der Waals surface area (Å²) in [7, 11) is -1.28. The normalized spacial score (nSPS) is 19.2. The highest BCUT2D eigenvalue weighted by atomic mass is 32.1. The lowest BCUT2D eigenvalue weighted by atomic mass is 9.94. The van der Waals surface area contributed by atoms with E-state index in [9.17, 15) is 14.4 Å². The van der Waals surface area contributed by atoms with Crippen molar-refractivity contribution in [3.05, 3.63) is 135 Å². The number of carbonyl (C=O) groups excluding carboxylic acids is 1. The number of hydrogen-bond donors (Lipinski definition) is 1. The number of aromatic nitrogens is 4. The molecule has 6 aromatic rings. The minimum absolute atomic E-state index is 0.0264. The van der Waals surface area contributed by atoms with E-state index in [1.165, 1.54) is 45.5 Å². The lowest BCUT2D eigenvalue weighted by molar-refractivity contribution is -0.122. The number of fused-ring (bicyclic) bond motifs is 1. The zero-order valence-electron chi connectivity index (χ0n) is 34.0. The summed E-state index contributed by atoms with van der Waals surface area (Å²) >= 11 is 1.26. The molecule has 308 valence electrons. The van der Waals surface area contributed by atoms with Gasteiger partial charge in [0.2, 0.25) is 5.91 Å². The first kappa shape index (κ1) is 40.6. The number of amides is 1. The van der Waals surface area contributed by atoms with Crippen LogP contribution in [0.1, 0.15) is 76.1 Å². The Labute approximate surface area is 347 Å². The lowest BCUT2D eigenvalue weighted by Gasteiger charge is -2.46. The number of nitrogens with one attached hydrogen (secondary N) is 1. The maximum absolute atomic E-state index is 15.2. The molecule has 1 saturated heterocycles. The van der Waals surface area contributed by atoms with Gasteiger partial charge in [-0.15, -0.1) is 0 Å². The Kier molecular flexibility index (Phi) is 11.3. The summed E-state index contributed by atoms with van der Waals surface area (Å²) in [4.78, 5) is 42.4. The molecule has 59 heavy (non-hydrogen) atoms. The van der Waals surface area contributed by atoms with Gasteiger partial charge in [-0.2, -0.15) is 5.10 Å². The van der Waals surface area contributed by atoms with Crippen LogP contribution in [0, 0.1) is 12.7 Å². The van der Waals surface area contributed by atoms with E-state index >= 15 is 4.39 Å². The molecular formula is C45H50FN5O6SSi. The highest BCUT2D eigenvalue weighted by Gasteiger charge is 2.51. The van der Waals surface area contributed by atoms with Gasteiger partial charge < -0.3 is 19.2 Å². The number of thiophene rings is 1. The Morgan fingerprint density at radius 3 is 2.15 bits per heavy atom. The molecule has 8 rings (SSSR count). The molecule has 0 spiro atoms. The fraction of sp³-hybridized carbons (Fsp3) is 0.378. The summed E-state index contributed by atoms with van der Waals surface area (Å²) in [6.07, 6.45) is 5.40. The molecule has 3 aromatic carbocycles. The number of hydrogen-bond acceptors (Lipinski definition) is 8. The Bertz CT molecular complexity index is 2520. The van der Waals surface area contributed by atoms with E-state index in [-0.39, 0.29) is 29.7 Å². The van der Waals surface area contributed by atoms with Crippen LogP contribution in [0.25, 0.3) is 15.2 Å². The Hall–Kier alpha value is -5.15. The van der Waals surface area contributed by atoms with Crippen molar-refractivity contribution >= 4 is 46.2 Å². The molecule has 1 aliphatic heterocycles. The second-order valence-corrected chi connectivity index (χ2v) is 21.7. The average Bonchev–Trinajstić information content (AvgIpc) is 4.00. The Morgan fingerprint density at radius 1 is 0.915 bits per heavy atom. The smallest absolute Gasteiger partial charge is 0.332 e. The zero-order valence-corrected chi connectivity index (χ0v) is 35.8. The molecule has 3 aromatic heterocycles. The van der Waals surface area contributed by atoms with Crippen LogP contribution >= 0.6 is 11.3 Å². The minimum atomic E-state index is -2.79. The van der Waals surface area contributed by atoms with Gasteiger partial charge in [-0.05, 0) is 78.7 Å². The fourth-order valence-electron chi connectivity index (χ4n) is 9.02. The van der Waals surface area contributed by atoms with Crippen LogP contribution in [-0.4, -0.2) is 59.0 Å². The van der Waals surface area contributed by atoms with Crippen LogP contribution < -0.4 is 31.7 Å². The van der Waals surface area contributed by atoms with Crippen molar-refractivity contribution in [1.82, 2.24) is 24.2 Å². The van der Waals surface area contributed by atoms with Gasteiger partial charge >= 0.3 is 5.69 Å². The SMILES string of the molecule is COc1ccc(F)cc1[C@H](Cn1c(=O)n([C@H]2CCNC2=O)c(=O)c2c(C)c(-n3cccn3)sc21)OC1CCC(O[Si](c2ccccc2)(c2ccccc2)C(C)(C)C)CC1. The molecule has 1 amide bonds. The van der Waals surface area contributed by atoms with Crippen molar-refractivity contribution in [2.45, 2.75) is 95.7 Å². The quantitative estimate of drug-likeness (QED) is 0.139. The molecule has 0 radical (unpaired) electrons. The van der Waals surface area contributed by atoms with E-state index in [2.05, 4.69) is 79.7 Å². The van der Waals surface area contributed by atoms with E-state index in [1.807, 2.05) is 19.1 Å². The number of nitrogens with zero attached hydrogens (tertiary/aromatic N) is 4. The third-order valence-electron chi connectivity index (χ3n) is 11.9. The zero-order chi connectivity index (χ0) is 41.5. The number of rotatable bonds is 12. The van der Waals surface area contributed by atoms with Gasteiger partial charge in [0.05, 0.1) is 25.1 Å². The number of carbonyl (C=O) groups is 1. The van der Waals surface area contributed by atoms with Crippen molar-refractivity contribution in [2.75, 3.05) is 13.7 Å². The van der Waals surface area contributed by atoms with Crippen LogP contribution in [0.5, 0.6) is 5.75 Å². The van der Waals surface area contributed by atoms with Gasteiger partial charge in [0.1, 0.15) is 33.5 Å². The van der Waals surface area contributed by atoms with Gasteiger partial charge in [-0.25, -0.2) is 18.4 Å². The summed E-state index contributed by atoms with van der Waals surface area (Å²) in [5.41, 5.74) is -0.0885. The van der Waals surface area contributed by atoms with Crippen LogP contribution in [0.3, 0.4) is 0 Å². The van der Waals surface area contributed by atoms with Gasteiger partial charge in [0, 0.05) is 36.2 Å². The minimum Gasteiger partial charge on any atom is -0.496 e. The topological polar surface area (TPSA) is 119 Å². The molecular weight excluding hydrogens is 786 g/mol. The highest BCUT2D eigenvalue weighted by molar-refractivity contribution is 7.21. The standard InChI is InChI=1S/C45H50FN5O6SSi/c1-29-39-41(53)51(36-23-25-47-40(36)52)44(54)49(43(39)58-42(29)50-26-12-24-48-50)28-38(35-27-30(46)17-22-37(35)55-5)56-31-18-20-32(21-19-31)57-59(45(2,3)4,33-13-8-6-9-14-33)34-15-10-7-11-16-34/h6-17,22,24,26-27,31-32,36,38H,18-21,23,25,28H2,1-5H3,(H,47,52)/t31?,32?,36-,38-/m0/s1. The van der Waals surface area contributed by atoms with E-state index in [1.54, 1.807) is 29.2 Å². The second-order valence-electron chi connectivity index (χ2n) is 16.5. The first-order valence-corrected chi connectivity index (χ1v) is 23.0. The van der Waals surface area contributed by atoms with Crippen molar-refractivity contribution in [1.29, 1.82) is 0 Å². The van der Waals surface area contributed by atoms with Gasteiger partial charge in [0.15, 0.2) is 0 Å². The predicted molar refractivity (Wildman–Crippen MR) is 230 cm³/mol. The molecule has 0 unspecified atom stereocenters. The van der Waals surface area contributed by atoms with Crippen molar-refractivity contribution < 1.29 is 23.1 Å². The number of aryl methyl sites for hydroxylation is 1. The first-order valence-electron chi connectivity index (χ1n) is 20.2. The monoisotopic (exact) mass is 835 g/mol. The van der Waals surface area contributed by atoms with Crippen LogP contribution in [0.4, 0.5) is 4.39 Å². The molecule has 4 heterocycles. The van der Waals surface area contributed by atoms with Gasteiger partial charge in [-0.1, -0.05) is 92.8 Å². The molecule has 11 nitrogen and oxygen atoms in total. The summed E-state index contributed by atoms with van der Waals surface area (Å²) in [6.45, 7) is 8.93.